The highest BCUT2D eigenvalue weighted by atomic mass is 32.2. The number of aryl methyl sites for hydroxylation is 2. The van der Waals surface area contributed by atoms with Gasteiger partial charge in [0.1, 0.15) is 11.6 Å². The number of benzene rings is 1. The summed E-state index contributed by atoms with van der Waals surface area (Å²) in [6.45, 7) is 5.41. The lowest BCUT2D eigenvalue weighted by Gasteiger charge is -2.15. The van der Waals surface area contributed by atoms with Crippen LogP contribution >= 0.6 is 11.8 Å². The zero-order chi connectivity index (χ0) is 21.3. The van der Waals surface area contributed by atoms with Crippen molar-refractivity contribution >= 4 is 34.4 Å². The molecular formula is C21H19N5O3S. The predicted octanol–water partition coefficient (Wildman–Crippen LogP) is 3.50. The average molecular weight is 421 g/mol. The van der Waals surface area contributed by atoms with E-state index in [4.69, 9.17) is 4.52 Å². The summed E-state index contributed by atoms with van der Waals surface area (Å²) < 4.78 is 6.43. The first kappa shape index (κ1) is 19.8. The maximum atomic E-state index is 13.3. The zero-order valence-electron chi connectivity index (χ0n) is 16.6. The van der Waals surface area contributed by atoms with Gasteiger partial charge in [0.25, 0.3) is 5.56 Å². The number of pyridine rings is 1. The van der Waals surface area contributed by atoms with Crippen LogP contribution in [0.3, 0.4) is 0 Å². The van der Waals surface area contributed by atoms with Crippen LogP contribution in [-0.2, 0) is 4.79 Å². The first-order valence-electron chi connectivity index (χ1n) is 9.28. The van der Waals surface area contributed by atoms with Gasteiger partial charge in [-0.2, -0.15) is 0 Å². The van der Waals surface area contributed by atoms with Gasteiger partial charge in [0.15, 0.2) is 11.0 Å². The molecule has 30 heavy (non-hydrogen) atoms. The summed E-state index contributed by atoms with van der Waals surface area (Å²) >= 11 is 1.18. The van der Waals surface area contributed by atoms with Crippen molar-refractivity contribution in [3.8, 4) is 5.82 Å². The minimum Gasteiger partial charge on any atom is -0.360 e. The maximum absolute atomic E-state index is 13.3. The third-order valence-electron chi connectivity index (χ3n) is 4.41. The first-order chi connectivity index (χ1) is 14.4. The van der Waals surface area contributed by atoms with E-state index in [-0.39, 0.29) is 11.5 Å². The van der Waals surface area contributed by atoms with Gasteiger partial charge in [-0.1, -0.05) is 29.1 Å². The summed E-state index contributed by atoms with van der Waals surface area (Å²) in [5.41, 5.74) is 1.29. The van der Waals surface area contributed by atoms with Gasteiger partial charge in [-0.25, -0.2) is 14.5 Å². The molecule has 0 bridgehead atoms. The van der Waals surface area contributed by atoms with E-state index in [2.05, 4.69) is 20.4 Å². The van der Waals surface area contributed by atoms with Crippen molar-refractivity contribution in [2.45, 2.75) is 31.2 Å². The van der Waals surface area contributed by atoms with Crippen LogP contribution in [0.2, 0.25) is 0 Å². The fourth-order valence-electron chi connectivity index (χ4n) is 2.90. The van der Waals surface area contributed by atoms with E-state index >= 15 is 0 Å². The van der Waals surface area contributed by atoms with Crippen molar-refractivity contribution in [1.82, 2.24) is 19.7 Å². The second kappa shape index (κ2) is 8.11. The molecule has 0 aliphatic carbocycles. The Hall–Kier alpha value is -3.46. The topological polar surface area (TPSA) is 103 Å². The van der Waals surface area contributed by atoms with E-state index in [9.17, 15) is 9.59 Å². The number of anilines is 1. The minimum absolute atomic E-state index is 0.235. The van der Waals surface area contributed by atoms with Crippen LogP contribution in [0.5, 0.6) is 0 Å². The molecule has 3 aromatic heterocycles. The van der Waals surface area contributed by atoms with Crippen LogP contribution in [0.15, 0.2) is 63.1 Å². The fourth-order valence-corrected chi connectivity index (χ4v) is 3.82. The van der Waals surface area contributed by atoms with E-state index in [1.807, 2.05) is 25.1 Å². The van der Waals surface area contributed by atoms with Gasteiger partial charge in [-0.15, -0.1) is 0 Å². The standard InChI is InChI=1S/C21H19N5O3S/c1-12-8-9-22-18(10-12)26-20(28)15-6-4-5-7-16(15)23-21(26)30-14(3)19(27)24-17-11-13(2)29-25-17/h4-11,14H,1-3H3,(H,24,25,27). The summed E-state index contributed by atoms with van der Waals surface area (Å²) in [6, 6.07) is 12.4. The molecular weight excluding hydrogens is 402 g/mol. The molecule has 0 fully saturated rings. The lowest BCUT2D eigenvalue weighted by molar-refractivity contribution is -0.115. The number of fused-ring (bicyclic) bond motifs is 1. The number of aromatic nitrogens is 4. The predicted molar refractivity (Wildman–Crippen MR) is 115 cm³/mol. The van der Waals surface area contributed by atoms with Gasteiger partial charge in [-0.3, -0.25) is 9.59 Å². The molecule has 0 aliphatic rings. The van der Waals surface area contributed by atoms with Crippen LogP contribution in [0.4, 0.5) is 5.82 Å². The number of carbonyl (C=O) groups is 1. The molecule has 0 spiro atoms. The van der Waals surface area contributed by atoms with E-state index in [1.165, 1.54) is 16.3 Å². The quantitative estimate of drug-likeness (QED) is 0.388. The third kappa shape index (κ3) is 3.97. The van der Waals surface area contributed by atoms with Crippen LogP contribution in [0.25, 0.3) is 16.7 Å². The summed E-state index contributed by atoms with van der Waals surface area (Å²) in [4.78, 5) is 34.9. The number of amides is 1. The highest BCUT2D eigenvalue weighted by Gasteiger charge is 2.21. The highest BCUT2D eigenvalue weighted by Crippen LogP contribution is 2.25. The van der Waals surface area contributed by atoms with E-state index in [1.54, 1.807) is 44.3 Å². The van der Waals surface area contributed by atoms with Crippen molar-refractivity contribution in [2.24, 2.45) is 0 Å². The smallest absolute Gasteiger partial charge is 0.267 e. The minimum atomic E-state index is -0.550. The second-order valence-corrected chi connectivity index (χ2v) is 8.12. The van der Waals surface area contributed by atoms with Gasteiger partial charge in [-0.05, 0) is 50.6 Å². The summed E-state index contributed by atoms with van der Waals surface area (Å²) in [5.74, 6) is 1.12. The highest BCUT2D eigenvalue weighted by molar-refractivity contribution is 8.00. The molecule has 8 nitrogen and oxygen atoms in total. The van der Waals surface area contributed by atoms with Crippen molar-refractivity contribution in [3.63, 3.8) is 0 Å². The number of rotatable bonds is 5. The third-order valence-corrected chi connectivity index (χ3v) is 5.46. The summed E-state index contributed by atoms with van der Waals surface area (Å²) in [6.07, 6.45) is 1.64. The molecule has 4 rings (SSSR count). The molecule has 0 saturated heterocycles. The average Bonchev–Trinajstić information content (AvgIpc) is 3.12. The molecule has 9 heteroatoms. The van der Waals surface area contributed by atoms with E-state index < -0.39 is 5.25 Å². The monoisotopic (exact) mass is 421 g/mol. The Labute approximate surface area is 176 Å². The number of hydrogen-bond donors (Lipinski definition) is 1. The lowest BCUT2D eigenvalue weighted by atomic mass is 10.2. The van der Waals surface area contributed by atoms with Crippen LogP contribution in [0.1, 0.15) is 18.2 Å². The molecule has 1 amide bonds. The summed E-state index contributed by atoms with van der Waals surface area (Å²) in [5, 5.41) is 6.81. The zero-order valence-corrected chi connectivity index (χ0v) is 17.4. The number of para-hydroxylation sites is 1. The SMILES string of the molecule is Cc1ccnc(-n2c(SC(C)C(=O)Nc3cc(C)on3)nc3ccccc3c2=O)c1. The Balaban J connectivity index is 1.74. The molecule has 1 aromatic carbocycles. The molecule has 1 N–H and O–H groups in total. The normalized spacial score (nSPS) is 12.1. The second-order valence-electron chi connectivity index (χ2n) is 6.82. The number of nitrogens with zero attached hydrogens (tertiary/aromatic N) is 4. The Bertz CT molecular complexity index is 1300. The van der Waals surface area contributed by atoms with Crippen molar-refractivity contribution in [3.05, 3.63) is 70.3 Å². The number of carbonyl (C=O) groups excluding carboxylic acids is 1. The van der Waals surface area contributed by atoms with Crippen molar-refractivity contribution < 1.29 is 9.32 Å². The number of nitrogens with one attached hydrogen (secondary N) is 1. The Morgan fingerprint density at radius 2 is 2.00 bits per heavy atom. The lowest BCUT2D eigenvalue weighted by Crippen LogP contribution is -2.26. The Morgan fingerprint density at radius 3 is 2.73 bits per heavy atom. The van der Waals surface area contributed by atoms with Crippen LogP contribution < -0.4 is 10.9 Å². The van der Waals surface area contributed by atoms with Gasteiger partial charge >= 0.3 is 0 Å². The summed E-state index contributed by atoms with van der Waals surface area (Å²) in [7, 11) is 0. The largest absolute Gasteiger partial charge is 0.360 e. The van der Waals surface area contributed by atoms with Gasteiger partial charge in [0, 0.05) is 12.3 Å². The molecule has 4 aromatic rings. The Kier molecular flexibility index (Phi) is 5.37. The number of thioether (sulfide) groups is 1. The fraction of sp³-hybridized carbons (Fsp3) is 0.190. The molecule has 0 radical (unpaired) electrons. The van der Waals surface area contributed by atoms with Gasteiger partial charge < -0.3 is 9.84 Å². The molecule has 0 aliphatic heterocycles. The molecule has 1 unspecified atom stereocenters. The van der Waals surface area contributed by atoms with Crippen LogP contribution in [0, 0.1) is 13.8 Å². The van der Waals surface area contributed by atoms with Gasteiger partial charge in [0.05, 0.1) is 16.2 Å². The van der Waals surface area contributed by atoms with Crippen molar-refractivity contribution in [1.29, 1.82) is 0 Å². The first-order valence-corrected chi connectivity index (χ1v) is 10.2. The van der Waals surface area contributed by atoms with Gasteiger partial charge in [0.2, 0.25) is 5.91 Å². The Morgan fingerprint density at radius 1 is 1.20 bits per heavy atom. The van der Waals surface area contributed by atoms with Crippen LogP contribution in [-0.4, -0.2) is 30.8 Å². The van der Waals surface area contributed by atoms with Crippen molar-refractivity contribution in [2.75, 3.05) is 5.32 Å². The van der Waals surface area contributed by atoms with E-state index in [0.717, 1.165) is 5.56 Å². The van der Waals surface area contributed by atoms with E-state index in [0.29, 0.717) is 33.5 Å². The molecule has 1 atom stereocenters. The number of hydrogen-bond acceptors (Lipinski definition) is 7. The molecule has 152 valence electrons. The molecule has 0 saturated carbocycles. The maximum Gasteiger partial charge on any atom is 0.267 e. The molecule has 3 heterocycles.